The second-order valence-electron chi connectivity index (χ2n) is 6.93. The van der Waals surface area contributed by atoms with E-state index in [1.807, 2.05) is 0 Å². The summed E-state index contributed by atoms with van der Waals surface area (Å²) in [7, 11) is -0.211. The van der Waals surface area contributed by atoms with Gasteiger partial charge in [0.1, 0.15) is 23.0 Å². The van der Waals surface area contributed by atoms with Crippen molar-refractivity contribution in [2.45, 2.75) is 25.4 Å². The molecule has 10 nitrogen and oxygen atoms in total. The van der Waals surface area contributed by atoms with Crippen LogP contribution in [0, 0.1) is 0 Å². The molecule has 2 aromatic rings. The van der Waals surface area contributed by atoms with E-state index in [1.165, 1.54) is 13.0 Å². The number of hydrogen-bond donors (Lipinski definition) is 1. The van der Waals surface area contributed by atoms with Crippen LogP contribution < -0.4 is 0 Å². The predicted molar refractivity (Wildman–Crippen MR) is 115 cm³/mol. The first kappa shape index (κ1) is 25.3. The van der Waals surface area contributed by atoms with Gasteiger partial charge < -0.3 is 28.0 Å². The average molecular weight is 468 g/mol. The van der Waals surface area contributed by atoms with E-state index in [0.29, 0.717) is 16.7 Å². The van der Waals surface area contributed by atoms with E-state index in [0.717, 1.165) is 28.4 Å². The molecular formula is C21H25O10P. The lowest BCUT2D eigenvalue weighted by atomic mass is 9.90. The Morgan fingerprint density at radius 1 is 1.03 bits per heavy atom. The molecule has 2 rings (SSSR count). The fourth-order valence-electron chi connectivity index (χ4n) is 3.37. The second kappa shape index (κ2) is 9.68. The van der Waals surface area contributed by atoms with Crippen LogP contribution in [0.25, 0.3) is 16.5 Å². The van der Waals surface area contributed by atoms with Crippen molar-refractivity contribution in [1.82, 2.24) is 0 Å². The zero-order chi connectivity index (χ0) is 24.4. The largest absolute Gasteiger partial charge is 0.507 e. The maximum atomic E-state index is 13.3. The SMILES string of the molecule is C=C(C)c1cc2cc(C(C)=O)c(O)c([C@@H](C(=O)OC)[C@@H](C(=O)OC)P(=O)(OC)OC)c2o1. The van der Waals surface area contributed by atoms with Gasteiger partial charge in [0.25, 0.3) is 0 Å². The van der Waals surface area contributed by atoms with Gasteiger partial charge in [0, 0.05) is 19.6 Å². The van der Waals surface area contributed by atoms with Crippen molar-refractivity contribution in [3.8, 4) is 5.75 Å². The van der Waals surface area contributed by atoms with Crippen LogP contribution in [0.2, 0.25) is 0 Å². The lowest BCUT2D eigenvalue weighted by Crippen LogP contribution is -2.36. The first-order valence-corrected chi connectivity index (χ1v) is 10.9. The topological polar surface area (TPSA) is 139 Å². The number of rotatable bonds is 9. The first-order valence-electron chi connectivity index (χ1n) is 9.30. The van der Waals surface area contributed by atoms with Crippen LogP contribution in [0.5, 0.6) is 5.75 Å². The van der Waals surface area contributed by atoms with Crippen molar-refractivity contribution in [2.24, 2.45) is 0 Å². The van der Waals surface area contributed by atoms with Gasteiger partial charge in [-0.25, -0.2) is 0 Å². The minimum absolute atomic E-state index is 0.0337. The van der Waals surface area contributed by atoms with Crippen molar-refractivity contribution in [2.75, 3.05) is 28.4 Å². The highest BCUT2D eigenvalue weighted by Crippen LogP contribution is 2.58. The number of carbonyl (C=O) groups is 3. The van der Waals surface area contributed by atoms with Crippen molar-refractivity contribution < 1.29 is 47.0 Å². The number of esters is 2. The predicted octanol–water partition coefficient (Wildman–Crippen LogP) is 3.66. The number of ether oxygens (including phenoxy) is 2. The summed E-state index contributed by atoms with van der Waals surface area (Å²) in [5.74, 6) is -4.83. The molecule has 0 saturated carbocycles. The van der Waals surface area contributed by atoms with E-state index in [4.69, 9.17) is 22.9 Å². The molecule has 0 amide bonds. The van der Waals surface area contributed by atoms with Crippen LogP contribution in [0.1, 0.15) is 41.4 Å². The van der Waals surface area contributed by atoms with Crippen LogP contribution in [-0.4, -0.2) is 56.9 Å². The van der Waals surface area contributed by atoms with Crippen LogP contribution in [-0.2, 0) is 32.7 Å². The monoisotopic (exact) mass is 468 g/mol. The molecule has 0 unspecified atom stereocenters. The zero-order valence-corrected chi connectivity index (χ0v) is 19.5. The number of ketones is 1. The highest BCUT2D eigenvalue weighted by molar-refractivity contribution is 7.55. The van der Waals surface area contributed by atoms with Gasteiger partial charge in [-0.2, -0.15) is 0 Å². The number of fused-ring (bicyclic) bond motifs is 1. The van der Waals surface area contributed by atoms with Gasteiger partial charge >= 0.3 is 19.5 Å². The average Bonchev–Trinajstić information content (AvgIpc) is 3.20. The molecule has 0 aliphatic rings. The number of phenolic OH excluding ortho intramolecular Hbond substituents is 1. The minimum atomic E-state index is -4.33. The molecule has 1 aromatic carbocycles. The standard InChI is InChI=1S/C21H25O10P/c1-10(2)14-9-12-8-13(11(3)22)17(23)15(18(12)31-14)16(20(24)27-4)19(21(25)28-5)32(26,29-6)30-7/h8-9,16,19,23H,1H2,2-7H3/t16-,19+/m1/s1. The van der Waals surface area contributed by atoms with Crippen molar-refractivity contribution in [1.29, 1.82) is 0 Å². The van der Waals surface area contributed by atoms with Gasteiger partial charge in [-0.15, -0.1) is 0 Å². The summed E-state index contributed by atoms with van der Waals surface area (Å²) < 4.78 is 38.7. The summed E-state index contributed by atoms with van der Waals surface area (Å²) in [5, 5.41) is 11.3. The fraction of sp³-hybridized carbons (Fsp3) is 0.381. The molecule has 1 heterocycles. The van der Waals surface area contributed by atoms with Gasteiger partial charge in [-0.3, -0.25) is 18.9 Å². The number of furan rings is 1. The van der Waals surface area contributed by atoms with Crippen LogP contribution in [0.4, 0.5) is 0 Å². The van der Waals surface area contributed by atoms with E-state index >= 15 is 0 Å². The molecule has 0 bridgehead atoms. The minimum Gasteiger partial charge on any atom is -0.507 e. The lowest BCUT2D eigenvalue weighted by Gasteiger charge is -2.28. The molecule has 1 aromatic heterocycles. The summed E-state index contributed by atoms with van der Waals surface area (Å²) in [5.41, 5.74) is -1.84. The molecule has 0 radical (unpaired) electrons. The maximum Gasteiger partial charge on any atom is 0.345 e. The van der Waals surface area contributed by atoms with Gasteiger partial charge in [-0.1, -0.05) is 6.58 Å². The molecule has 0 spiro atoms. The summed E-state index contributed by atoms with van der Waals surface area (Å²) in [6, 6.07) is 2.93. The summed E-state index contributed by atoms with van der Waals surface area (Å²) in [4.78, 5) is 37.9. The number of phenols is 1. The smallest absolute Gasteiger partial charge is 0.345 e. The quantitative estimate of drug-likeness (QED) is 0.329. The van der Waals surface area contributed by atoms with Gasteiger partial charge in [-0.05, 0) is 31.6 Å². The van der Waals surface area contributed by atoms with E-state index in [9.17, 15) is 24.1 Å². The van der Waals surface area contributed by atoms with Gasteiger partial charge in [0.2, 0.25) is 0 Å². The Labute approximate surface area is 184 Å². The molecule has 1 N–H and O–H groups in total. The Morgan fingerprint density at radius 2 is 1.59 bits per heavy atom. The Bertz CT molecular complexity index is 1120. The maximum absolute atomic E-state index is 13.3. The summed E-state index contributed by atoms with van der Waals surface area (Å²) in [6.07, 6.45) is 0. The van der Waals surface area contributed by atoms with Crippen molar-refractivity contribution in [3.05, 3.63) is 35.6 Å². The molecule has 0 aliphatic carbocycles. The number of allylic oxidation sites excluding steroid dienone is 1. The summed E-state index contributed by atoms with van der Waals surface area (Å²) >= 11 is 0. The molecule has 0 aliphatic heterocycles. The number of methoxy groups -OCH3 is 2. The Hall–Kier alpha value is -2.94. The molecule has 0 saturated heterocycles. The molecule has 0 fully saturated rings. The number of hydrogen-bond acceptors (Lipinski definition) is 10. The Kier molecular flexibility index (Phi) is 7.66. The number of aromatic hydroxyl groups is 1. The molecule has 11 heteroatoms. The first-order chi connectivity index (χ1) is 15.0. The highest BCUT2D eigenvalue weighted by atomic mass is 31.2. The second-order valence-corrected chi connectivity index (χ2v) is 9.29. The Morgan fingerprint density at radius 3 is 2.03 bits per heavy atom. The molecule has 2 atom stereocenters. The Balaban J connectivity index is 3.06. The normalized spacial score (nSPS) is 13.4. The molecule has 32 heavy (non-hydrogen) atoms. The van der Waals surface area contributed by atoms with Crippen molar-refractivity contribution >= 4 is 41.9 Å². The lowest BCUT2D eigenvalue weighted by molar-refractivity contribution is -0.149. The number of benzene rings is 1. The zero-order valence-electron chi connectivity index (χ0n) is 18.6. The van der Waals surface area contributed by atoms with Gasteiger partial charge in [0.05, 0.1) is 25.3 Å². The van der Waals surface area contributed by atoms with E-state index in [2.05, 4.69) is 6.58 Å². The third-order valence-electron chi connectivity index (χ3n) is 4.99. The third kappa shape index (κ3) is 4.34. The third-order valence-corrected chi connectivity index (χ3v) is 7.20. The number of carbonyl (C=O) groups excluding carboxylic acids is 3. The van der Waals surface area contributed by atoms with E-state index < -0.39 is 42.6 Å². The highest BCUT2D eigenvalue weighted by Gasteiger charge is 2.52. The van der Waals surface area contributed by atoms with Crippen LogP contribution in [0.3, 0.4) is 0 Å². The van der Waals surface area contributed by atoms with Crippen LogP contribution >= 0.6 is 7.60 Å². The molecular weight excluding hydrogens is 443 g/mol. The van der Waals surface area contributed by atoms with Gasteiger partial charge in [0.15, 0.2) is 11.4 Å². The fourth-order valence-corrected chi connectivity index (χ4v) is 4.97. The number of Topliss-reactive ketones (excluding diaryl/α,β-unsaturated/α-hetero) is 1. The van der Waals surface area contributed by atoms with Crippen LogP contribution in [0.15, 0.2) is 23.1 Å². The molecule has 174 valence electrons. The van der Waals surface area contributed by atoms with Crippen molar-refractivity contribution in [3.63, 3.8) is 0 Å². The van der Waals surface area contributed by atoms with E-state index in [1.54, 1.807) is 13.0 Å². The summed E-state index contributed by atoms with van der Waals surface area (Å²) in [6.45, 7) is 6.68. The van der Waals surface area contributed by atoms with E-state index in [-0.39, 0.29) is 16.7 Å².